The van der Waals surface area contributed by atoms with E-state index in [0.29, 0.717) is 19.6 Å². The molecule has 10 heteroatoms. The SMILES string of the molecule is CCOCCCN(C)S(=O)(=O)Nc1ccc(C(=O)O)c(C(=O)O)c1. The van der Waals surface area contributed by atoms with Crippen LogP contribution in [0.2, 0.25) is 0 Å². The first-order valence-electron chi connectivity index (χ1n) is 7.11. The molecule has 0 atom stereocenters. The van der Waals surface area contributed by atoms with Gasteiger partial charge in [-0.3, -0.25) is 4.72 Å². The van der Waals surface area contributed by atoms with Gasteiger partial charge in [0.2, 0.25) is 0 Å². The average molecular weight is 360 g/mol. The van der Waals surface area contributed by atoms with E-state index in [1.165, 1.54) is 13.1 Å². The van der Waals surface area contributed by atoms with Crippen LogP contribution in [0.5, 0.6) is 0 Å². The molecule has 0 fully saturated rings. The summed E-state index contributed by atoms with van der Waals surface area (Å²) < 4.78 is 32.8. The van der Waals surface area contributed by atoms with Gasteiger partial charge in [-0.1, -0.05) is 0 Å². The van der Waals surface area contributed by atoms with Crippen LogP contribution in [0.4, 0.5) is 5.69 Å². The van der Waals surface area contributed by atoms with E-state index in [1.807, 2.05) is 6.92 Å². The van der Waals surface area contributed by atoms with Crippen LogP contribution in [0.3, 0.4) is 0 Å². The molecule has 134 valence electrons. The summed E-state index contributed by atoms with van der Waals surface area (Å²) in [5, 5.41) is 18.0. The summed E-state index contributed by atoms with van der Waals surface area (Å²) in [6.45, 7) is 3.02. The molecule has 9 nitrogen and oxygen atoms in total. The molecule has 1 aromatic rings. The van der Waals surface area contributed by atoms with Gasteiger partial charge in [0.25, 0.3) is 0 Å². The number of benzene rings is 1. The van der Waals surface area contributed by atoms with Crippen molar-refractivity contribution >= 4 is 27.8 Å². The molecule has 0 amide bonds. The van der Waals surface area contributed by atoms with Crippen molar-refractivity contribution in [1.29, 1.82) is 0 Å². The van der Waals surface area contributed by atoms with Crippen molar-refractivity contribution in [3.05, 3.63) is 29.3 Å². The van der Waals surface area contributed by atoms with Crippen molar-refractivity contribution in [2.45, 2.75) is 13.3 Å². The molecule has 0 aliphatic rings. The van der Waals surface area contributed by atoms with E-state index in [-0.39, 0.29) is 12.2 Å². The fourth-order valence-electron chi connectivity index (χ4n) is 1.85. The Balaban J connectivity index is 2.89. The number of carboxylic acids is 2. The van der Waals surface area contributed by atoms with Crippen LogP contribution >= 0.6 is 0 Å². The predicted octanol–water partition coefficient (Wildman–Crippen LogP) is 1.10. The number of aromatic carboxylic acids is 2. The van der Waals surface area contributed by atoms with Gasteiger partial charge in [0.15, 0.2) is 0 Å². The Morgan fingerprint density at radius 2 is 1.83 bits per heavy atom. The van der Waals surface area contributed by atoms with Gasteiger partial charge in [-0.2, -0.15) is 12.7 Å². The third-order valence-electron chi connectivity index (χ3n) is 3.10. The van der Waals surface area contributed by atoms with Gasteiger partial charge in [-0.15, -0.1) is 0 Å². The number of nitrogens with zero attached hydrogens (tertiary/aromatic N) is 1. The molecule has 0 saturated heterocycles. The lowest BCUT2D eigenvalue weighted by Crippen LogP contribution is -2.33. The van der Waals surface area contributed by atoms with E-state index in [9.17, 15) is 18.0 Å². The minimum atomic E-state index is -3.89. The largest absolute Gasteiger partial charge is 0.478 e. The molecule has 1 rings (SSSR count). The summed E-state index contributed by atoms with van der Waals surface area (Å²) in [7, 11) is -2.52. The molecular weight excluding hydrogens is 340 g/mol. The van der Waals surface area contributed by atoms with Gasteiger partial charge in [0, 0.05) is 26.8 Å². The fraction of sp³-hybridized carbons (Fsp3) is 0.429. The fourth-order valence-corrected chi connectivity index (χ4v) is 2.80. The van der Waals surface area contributed by atoms with Gasteiger partial charge in [0.05, 0.1) is 16.8 Å². The first-order valence-corrected chi connectivity index (χ1v) is 8.55. The normalized spacial score (nSPS) is 11.5. The number of nitrogens with one attached hydrogen (secondary N) is 1. The minimum Gasteiger partial charge on any atom is -0.478 e. The van der Waals surface area contributed by atoms with E-state index in [1.54, 1.807) is 0 Å². The van der Waals surface area contributed by atoms with Crippen LogP contribution in [-0.2, 0) is 14.9 Å². The zero-order chi connectivity index (χ0) is 18.3. The summed E-state index contributed by atoms with van der Waals surface area (Å²) in [5.41, 5.74) is -0.953. The number of rotatable bonds is 10. The van der Waals surface area contributed by atoms with Gasteiger partial charge in [-0.25, -0.2) is 9.59 Å². The highest BCUT2D eigenvalue weighted by Crippen LogP contribution is 2.18. The second kappa shape index (κ2) is 8.62. The average Bonchev–Trinajstić information content (AvgIpc) is 2.50. The summed E-state index contributed by atoms with van der Waals surface area (Å²) in [6.07, 6.45) is 0.504. The maximum absolute atomic E-state index is 12.2. The predicted molar refractivity (Wildman–Crippen MR) is 86.6 cm³/mol. The Morgan fingerprint density at radius 1 is 1.21 bits per heavy atom. The van der Waals surface area contributed by atoms with Crippen LogP contribution in [-0.4, -0.2) is 61.7 Å². The third kappa shape index (κ3) is 5.48. The maximum atomic E-state index is 12.2. The van der Waals surface area contributed by atoms with E-state index in [4.69, 9.17) is 14.9 Å². The molecule has 0 heterocycles. The number of anilines is 1. The quantitative estimate of drug-likeness (QED) is 0.532. The van der Waals surface area contributed by atoms with Gasteiger partial charge in [0.1, 0.15) is 0 Å². The summed E-state index contributed by atoms with van der Waals surface area (Å²) >= 11 is 0. The molecule has 24 heavy (non-hydrogen) atoms. The number of hydrogen-bond donors (Lipinski definition) is 3. The van der Waals surface area contributed by atoms with Crippen molar-refractivity contribution in [1.82, 2.24) is 4.31 Å². The van der Waals surface area contributed by atoms with Crippen molar-refractivity contribution < 1.29 is 33.0 Å². The zero-order valence-corrected chi connectivity index (χ0v) is 14.2. The molecule has 0 aliphatic carbocycles. The topological polar surface area (TPSA) is 133 Å². The van der Waals surface area contributed by atoms with E-state index < -0.39 is 33.3 Å². The molecule has 0 radical (unpaired) electrons. The highest BCUT2D eigenvalue weighted by molar-refractivity contribution is 7.90. The molecule has 0 bridgehead atoms. The molecule has 0 aliphatic heterocycles. The van der Waals surface area contributed by atoms with E-state index in [2.05, 4.69) is 4.72 Å². The lowest BCUT2D eigenvalue weighted by atomic mass is 10.1. The monoisotopic (exact) mass is 360 g/mol. The number of carboxylic acid groups (broad SMARTS) is 2. The molecule has 0 aromatic heterocycles. The van der Waals surface area contributed by atoms with E-state index >= 15 is 0 Å². The standard InChI is InChI=1S/C14H20N2O7S/c1-3-23-8-4-7-16(2)24(21,22)15-10-5-6-11(13(17)18)12(9-10)14(19)20/h5-6,9,15H,3-4,7-8H2,1-2H3,(H,17,18)(H,19,20). The Morgan fingerprint density at radius 3 is 2.38 bits per heavy atom. The second-order valence-electron chi connectivity index (χ2n) is 4.85. The highest BCUT2D eigenvalue weighted by Gasteiger charge is 2.20. The Kier molecular flexibility index (Phi) is 7.14. The smallest absolute Gasteiger partial charge is 0.336 e. The number of hydrogen-bond acceptors (Lipinski definition) is 5. The second-order valence-corrected chi connectivity index (χ2v) is 6.63. The van der Waals surface area contributed by atoms with Crippen LogP contribution in [0, 0.1) is 0 Å². The molecule has 0 saturated carbocycles. The van der Waals surface area contributed by atoms with Crippen molar-refractivity contribution in [2.24, 2.45) is 0 Å². The summed E-state index contributed by atoms with van der Waals surface area (Å²) in [6, 6.07) is 3.21. The number of ether oxygens (including phenoxy) is 1. The Labute approximate surface area is 140 Å². The first-order chi connectivity index (χ1) is 11.2. The highest BCUT2D eigenvalue weighted by atomic mass is 32.2. The first kappa shape index (κ1) is 19.9. The van der Waals surface area contributed by atoms with Crippen LogP contribution < -0.4 is 4.72 Å². The number of carbonyl (C=O) groups is 2. The van der Waals surface area contributed by atoms with Crippen LogP contribution in [0.15, 0.2) is 18.2 Å². The Hall–Kier alpha value is -2.17. The van der Waals surface area contributed by atoms with Gasteiger partial charge in [-0.05, 0) is 31.5 Å². The lowest BCUT2D eigenvalue weighted by molar-refractivity contribution is 0.0651. The van der Waals surface area contributed by atoms with Crippen molar-refractivity contribution in [2.75, 3.05) is 31.5 Å². The van der Waals surface area contributed by atoms with Gasteiger partial charge < -0.3 is 14.9 Å². The summed E-state index contributed by atoms with van der Waals surface area (Å²) in [5.74, 6) is -2.87. The summed E-state index contributed by atoms with van der Waals surface area (Å²) in [4.78, 5) is 22.1. The van der Waals surface area contributed by atoms with E-state index in [0.717, 1.165) is 16.4 Å². The van der Waals surface area contributed by atoms with Crippen molar-refractivity contribution in [3.8, 4) is 0 Å². The Bertz CT molecular complexity index is 703. The van der Waals surface area contributed by atoms with Crippen molar-refractivity contribution in [3.63, 3.8) is 0 Å². The molecule has 1 aromatic carbocycles. The third-order valence-corrected chi connectivity index (χ3v) is 4.60. The minimum absolute atomic E-state index is 0.0333. The molecular formula is C14H20N2O7S. The van der Waals surface area contributed by atoms with Gasteiger partial charge >= 0.3 is 22.1 Å². The zero-order valence-electron chi connectivity index (χ0n) is 13.4. The van der Waals surface area contributed by atoms with Crippen LogP contribution in [0.25, 0.3) is 0 Å². The maximum Gasteiger partial charge on any atom is 0.336 e. The molecule has 0 unspecified atom stereocenters. The van der Waals surface area contributed by atoms with Crippen LogP contribution in [0.1, 0.15) is 34.1 Å². The molecule has 3 N–H and O–H groups in total. The lowest BCUT2D eigenvalue weighted by Gasteiger charge is -2.18. The molecule has 0 spiro atoms.